The van der Waals surface area contributed by atoms with E-state index in [0.29, 0.717) is 11.5 Å². The third kappa shape index (κ3) is 3.80. The SMILES string of the molecule is COc1ccc(C(C)(C)NC(=O)c2cccc(F)c2)cc1OC. The Morgan fingerprint density at radius 3 is 2.35 bits per heavy atom. The lowest BCUT2D eigenvalue weighted by Gasteiger charge is -2.27. The number of benzene rings is 2. The predicted octanol–water partition coefficient (Wildman–Crippen LogP) is 3.51. The van der Waals surface area contributed by atoms with Gasteiger partial charge in [-0.1, -0.05) is 12.1 Å². The molecule has 2 aromatic carbocycles. The first-order valence-electron chi connectivity index (χ1n) is 7.18. The number of rotatable bonds is 5. The van der Waals surface area contributed by atoms with Crippen LogP contribution in [0.25, 0.3) is 0 Å². The zero-order valence-electron chi connectivity index (χ0n) is 13.6. The van der Waals surface area contributed by atoms with Crippen molar-refractivity contribution in [3.8, 4) is 11.5 Å². The maximum absolute atomic E-state index is 13.3. The molecule has 2 aromatic rings. The Kier molecular flexibility index (Phi) is 4.89. The molecule has 0 bridgehead atoms. The van der Waals surface area contributed by atoms with Crippen molar-refractivity contribution < 1.29 is 18.7 Å². The minimum Gasteiger partial charge on any atom is -0.493 e. The third-order valence-electron chi connectivity index (χ3n) is 3.62. The van der Waals surface area contributed by atoms with Crippen LogP contribution in [0.4, 0.5) is 4.39 Å². The van der Waals surface area contributed by atoms with E-state index in [1.165, 1.54) is 18.2 Å². The highest BCUT2D eigenvalue weighted by atomic mass is 19.1. The van der Waals surface area contributed by atoms with Gasteiger partial charge in [0.25, 0.3) is 5.91 Å². The summed E-state index contributed by atoms with van der Waals surface area (Å²) in [6.07, 6.45) is 0. The van der Waals surface area contributed by atoms with Crippen molar-refractivity contribution in [1.29, 1.82) is 0 Å². The molecule has 0 aliphatic rings. The van der Waals surface area contributed by atoms with Crippen LogP contribution in [0.1, 0.15) is 29.8 Å². The van der Waals surface area contributed by atoms with Gasteiger partial charge >= 0.3 is 0 Å². The molecule has 5 heteroatoms. The number of carbonyl (C=O) groups excluding carboxylic acids is 1. The highest BCUT2D eigenvalue weighted by Crippen LogP contribution is 2.32. The number of methoxy groups -OCH3 is 2. The summed E-state index contributed by atoms with van der Waals surface area (Å²) >= 11 is 0. The quantitative estimate of drug-likeness (QED) is 0.918. The van der Waals surface area contributed by atoms with E-state index in [1.807, 2.05) is 26.0 Å². The zero-order valence-corrected chi connectivity index (χ0v) is 13.6. The van der Waals surface area contributed by atoms with E-state index in [4.69, 9.17) is 9.47 Å². The fourth-order valence-electron chi connectivity index (χ4n) is 2.28. The molecule has 0 atom stereocenters. The van der Waals surface area contributed by atoms with Crippen molar-refractivity contribution >= 4 is 5.91 Å². The molecule has 0 aromatic heterocycles. The van der Waals surface area contributed by atoms with E-state index in [1.54, 1.807) is 26.4 Å². The molecule has 0 aliphatic carbocycles. The summed E-state index contributed by atoms with van der Waals surface area (Å²) in [6.45, 7) is 3.73. The molecule has 1 N–H and O–H groups in total. The molecule has 23 heavy (non-hydrogen) atoms. The number of carbonyl (C=O) groups is 1. The number of hydrogen-bond donors (Lipinski definition) is 1. The lowest BCUT2D eigenvalue weighted by molar-refractivity contribution is 0.0911. The van der Waals surface area contributed by atoms with Crippen LogP contribution in [0.15, 0.2) is 42.5 Å². The molecule has 0 spiro atoms. The summed E-state index contributed by atoms with van der Waals surface area (Å²) in [4.78, 5) is 12.3. The number of nitrogens with one attached hydrogen (secondary N) is 1. The van der Waals surface area contributed by atoms with Crippen LogP contribution in [0.3, 0.4) is 0 Å². The van der Waals surface area contributed by atoms with E-state index in [2.05, 4.69) is 5.32 Å². The lowest BCUT2D eigenvalue weighted by Crippen LogP contribution is -2.41. The van der Waals surface area contributed by atoms with Crippen molar-refractivity contribution in [2.75, 3.05) is 14.2 Å². The van der Waals surface area contributed by atoms with Crippen LogP contribution >= 0.6 is 0 Å². The Labute approximate surface area is 135 Å². The second-order valence-electron chi connectivity index (χ2n) is 5.66. The van der Waals surface area contributed by atoms with Gasteiger partial charge in [-0.3, -0.25) is 4.79 Å². The first kappa shape index (κ1) is 16.8. The molecule has 2 rings (SSSR count). The molecule has 4 nitrogen and oxygen atoms in total. The topological polar surface area (TPSA) is 47.6 Å². The van der Waals surface area contributed by atoms with Crippen molar-refractivity contribution in [1.82, 2.24) is 5.32 Å². The molecule has 0 saturated carbocycles. The van der Waals surface area contributed by atoms with Gasteiger partial charge in [0, 0.05) is 5.56 Å². The Hall–Kier alpha value is -2.56. The maximum atomic E-state index is 13.3. The summed E-state index contributed by atoms with van der Waals surface area (Å²) in [7, 11) is 3.12. The molecular formula is C18H20FNO3. The third-order valence-corrected chi connectivity index (χ3v) is 3.62. The van der Waals surface area contributed by atoms with E-state index in [0.717, 1.165) is 5.56 Å². The van der Waals surface area contributed by atoms with Crippen molar-refractivity contribution in [2.24, 2.45) is 0 Å². The van der Waals surface area contributed by atoms with Gasteiger partial charge in [-0.2, -0.15) is 0 Å². The first-order chi connectivity index (χ1) is 10.9. The number of hydrogen-bond acceptors (Lipinski definition) is 3. The molecule has 0 heterocycles. The van der Waals surface area contributed by atoms with Crippen LogP contribution < -0.4 is 14.8 Å². The Morgan fingerprint density at radius 1 is 1.04 bits per heavy atom. The summed E-state index contributed by atoms with van der Waals surface area (Å²) in [6, 6.07) is 11.0. The van der Waals surface area contributed by atoms with E-state index in [9.17, 15) is 9.18 Å². The van der Waals surface area contributed by atoms with Gasteiger partial charge in [-0.05, 0) is 49.7 Å². The summed E-state index contributed by atoms with van der Waals surface area (Å²) in [5.74, 6) is 0.410. The largest absolute Gasteiger partial charge is 0.493 e. The highest BCUT2D eigenvalue weighted by Gasteiger charge is 2.25. The Bertz CT molecular complexity index is 713. The average Bonchev–Trinajstić information content (AvgIpc) is 2.53. The molecule has 0 radical (unpaired) electrons. The number of halogens is 1. The fourth-order valence-corrected chi connectivity index (χ4v) is 2.28. The molecule has 122 valence electrons. The maximum Gasteiger partial charge on any atom is 0.252 e. The van der Waals surface area contributed by atoms with Gasteiger partial charge in [0.05, 0.1) is 19.8 Å². The number of ether oxygens (including phenoxy) is 2. The molecule has 0 saturated heterocycles. The van der Waals surface area contributed by atoms with Gasteiger partial charge in [0.2, 0.25) is 0 Å². The number of amides is 1. The van der Waals surface area contributed by atoms with Gasteiger partial charge in [0.15, 0.2) is 11.5 Å². The molecule has 0 fully saturated rings. The second-order valence-corrected chi connectivity index (χ2v) is 5.66. The fraction of sp³-hybridized carbons (Fsp3) is 0.278. The van der Waals surface area contributed by atoms with Gasteiger partial charge in [-0.25, -0.2) is 4.39 Å². The Morgan fingerprint density at radius 2 is 1.74 bits per heavy atom. The van der Waals surface area contributed by atoms with Crippen molar-refractivity contribution in [3.63, 3.8) is 0 Å². The van der Waals surface area contributed by atoms with E-state index < -0.39 is 11.4 Å². The van der Waals surface area contributed by atoms with Crippen LogP contribution in [0, 0.1) is 5.82 Å². The monoisotopic (exact) mass is 317 g/mol. The van der Waals surface area contributed by atoms with Gasteiger partial charge in [-0.15, -0.1) is 0 Å². The minimum absolute atomic E-state index is 0.276. The van der Waals surface area contributed by atoms with Crippen LogP contribution in [0.2, 0.25) is 0 Å². The normalized spacial score (nSPS) is 11.0. The van der Waals surface area contributed by atoms with E-state index in [-0.39, 0.29) is 11.5 Å². The lowest BCUT2D eigenvalue weighted by atomic mass is 9.93. The molecule has 1 amide bonds. The Balaban J connectivity index is 2.26. The summed E-state index contributed by atoms with van der Waals surface area (Å²) < 4.78 is 23.8. The first-order valence-corrected chi connectivity index (χ1v) is 7.18. The molecular weight excluding hydrogens is 297 g/mol. The van der Waals surface area contributed by atoms with Crippen LogP contribution in [-0.2, 0) is 5.54 Å². The minimum atomic E-state index is -0.664. The standard InChI is InChI=1S/C18H20FNO3/c1-18(2,13-8-9-15(22-3)16(11-13)23-4)20-17(21)12-6-5-7-14(19)10-12/h5-11H,1-4H3,(H,20,21). The van der Waals surface area contributed by atoms with Crippen molar-refractivity contribution in [3.05, 3.63) is 59.4 Å². The summed E-state index contributed by atoms with van der Waals surface area (Å²) in [5.41, 5.74) is 0.460. The van der Waals surface area contributed by atoms with E-state index >= 15 is 0 Å². The highest BCUT2D eigenvalue weighted by molar-refractivity contribution is 5.94. The smallest absolute Gasteiger partial charge is 0.252 e. The second kappa shape index (κ2) is 6.69. The average molecular weight is 317 g/mol. The predicted molar refractivity (Wildman–Crippen MR) is 86.4 cm³/mol. The van der Waals surface area contributed by atoms with Crippen LogP contribution in [-0.4, -0.2) is 20.1 Å². The van der Waals surface area contributed by atoms with Crippen LogP contribution in [0.5, 0.6) is 11.5 Å². The van der Waals surface area contributed by atoms with Gasteiger partial charge < -0.3 is 14.8 Å². The summed E-state index contributed by atoms with van der Waals surface area (Å²) in [5, 5.41) is 2.90. The van der Waals surface area contributed by atoms with Gasteiger partial charge in [0.1, 0.15) is 5.82 Å². The zero-order chi connectivity index (χ0) is 17.0. The molecule has 0 aliphatic heterocycles. The van der Waals surface area contributed by atoms with Crippen molar-refractivity contribution in [2.45, 2.75) is 19.4 Å². The molecule has 0 unspecified atom stereocenters.